The zero-order valence-corrected chi connectivity index (χ0v) is 5.07. The Morgan fingerprint density at radius 1 is 2.00 bits per heavy atom. The molecule has 3 heteroatoms. The quantitative estimate of drug-likeness (QED) is 0.311. The van der Waals surface area contributed by atoms with Crippen molar-refractivity contribution in [3.05, 3.63) is 0 Å². The zero-order chi connectivity index (χ0) is 5.70. The van der Waals surface area contributed by atoms with Crippen LogP contribution in [0.5, 0.6) is 0 Å². The number of hydrogen-bond acceptors (Lipinski definition) is 3. The summed E-state index contributed by atoms with van der Waals surface area (Å²) in [6.07, 6.45) is 0. The van der Waals surface area contributed by atoms with Crippen LogP contribution in [-0.4, -0.2) is 11.9 Å². The minimum absolute atomic E-state index is 0.125. The molecule has 1 N–H and O–H groups in total. The Morgan fingerprint density at radius 3 is 2.71 bits per heavy atom. The molecule has 7 heavy (non-hydrogen) atoms. The third kappa shape index (κ3) is 5.80. The summed E-state index contributed by atoms with van der Waals surface area (Å²) in [7, 11) is 0. The molecule has 0 aromatic carbocycles. The molecule has 0 aliphatic heterocycles. The SMILES string of the molecule is CC(S)NCC#N. The summed E-state index contributed by atoms with van der Waals surface area (Å²) in [4.78, 5) is 0. The van der Waals surface area contributed by atoms with Crippen LogP contribution < -0.4 is 5.32 Å². The maximum Gasteiger partial charge on any atom is 0.0849 e. The lowest BCUT2D eigenvalue weighted by Crippen LogP contribution is -2.20. The van der Waals surface area contributed by atoms with Crippen molar-refractivity contribution in [3.63, 3.8) is 0 Å². The van der Waals surface area contributed by atoms with Gasteiger partial charge in [-0.15, -0.1) is 0 Å². The molecule has 0 aliphatic carbocycles. The molecule has 40 valence electrons. The predicted octanol–water partition coefficient (Wildman–Crippen LogP) is 0.375. The highest BCUT2D eigenvalue weighted by Gasteiger charge is 1.86. The van der Waals surface area contributed by atoms with Crippen molar-refractivity contribution in [2.75, 3.05) is 6.54 Å². The highest BCUT2D eigenvalue weighted by atomic mass is 32.1. The average Bonchev–Trinajstić information content (AvgIpc) is 1.61. The molecule has 0 saturated carbocycles. The van der Waals surface area contributed by atoms with Gasteiger partial charge in [0, 0.05) is 5.37 Å². The molecule has 0 bridgehead atoms. The smallest absolute Gasteiger partial charge is 0.0849 e. The second-order valence-electron chi connectivity index (χ2n) is 1.21. The molecular weight excluding hydrogens is 108 g/mol. The normalized spacial score (nSPS) is 12.7. The van der Waals surface area contributed by atoms with E-state index < -0.39 is 0 Å². The first-order valence-electron chi connectivity index (χ1n) is 2.05. The number of nitrogens with one attached hydrogen (secondary N) is 1. The molecule has 0 aliphatic rings. The van der Waals surface area contributed by atoms with Crippen molar-refractivity contribution >= 4 is 12.6 Å². The van der Waals surface area contributed by atoms with Gasteiger partial charge in [-0.2, -0.15) is 17.9 Å². The van der Waals surface area contributed by atoms with E-state index in [0.29, 0.717) is 6.54 Å². The molecular formula is C4H8N2S. The maximum atomic E-state index is 7.97. The van der Waals surface area contributed by atoms with Crippen LogP contribution in [0.25, 0.3) is 0 Å². The summed E-state index contributed by atoms with van der Waals surface area (Å²) in [6.45, 7) is 2.26. The van der Waals surface area contributed by atoms with Crippen molar-refractivity contribution in [1.82, 2.24) is 5.32 Å². The monoisotopic (exact) mass is 116 g/mol. The summed E-state index contributed by atoms with van der Waals surface area (Å²) in [5, 5.41) is 10.9. The van der Waals surface area contributed by atoms with Crippen LogP contribution in [0.3, 0.4) is 0 Å². The van der Waals surface area contributed by atoms with E-state index in [1.807, 2.05) is 13.0 Å². The molecule has 0 saturated heterocycles. The molecule has 0 aromatic rings. The Kier molecular flexibility index (Phi) is 3.86. The molecule has 0 aromatic heterocycles. The van der Waals surface area contributed by atoms with E-state index in [1.165, 1.54) is 0 Å². The molecule has 2 nitrogen and oxygen atoms in total. The zero-order valence-electron chi connectivity index (χ0n) is 4.18. The van der Waals surface area contributed by atoms with Gasteiger partial charge in [-0.3, -0.25) is 5.32 Å². The Bertz CT molecular complexity index is 74.2. The number of thiol groups is 1. The van der Waals surface area contributed by atoms with Gasteiger partial charge in [0.25, 0.3) is 0 Å². The second-order valence-corrected chi connectivity index (χ2v) is 1.99. The van der Waals surface area contributed by atoms with Crippen LogP contribution in [-0.2, 0) is 0 Å². The van der Waals surface area contributed by atoms with Crippen LogP contribution in [0.15, 0.2) is 0 Å². The third-order valence-corrected chi connectivity index (χ3v) is 0.659. The van der Waals surface area contributed by atoms with E-state index in [2.05, 4.69) is 17.9 Å². The van der Waals surface area contributed by atoms with Crippen LogP contribution in [0.4, 0.5) is 0 Å². The minimum Gasteiger partial charge on any atom is -0.293 e. The third-order valence-electron chi connectivity index (χ3n) is 0.477. The number of rotatable bonds is 2. The first-order valence-corrected chi connectivity index (χ1v) is 2.57. The van der Waals surface area contributed by atoms with Gasteiger partial charge in [-0.1, -0.05) is 0 Å². The molecule has 0 amide bonds. The Morgan fingerprint density at radius 2 is 2.57 bits per heavy atom. The highest BCUT2D eigenvalue weighted by Crippen LogP contribution is 1.81. The minimum atomic E-state index is 0.125. The maximum absolute atomic E-state index is 7.97. The summed E-state index contributed by atoms with van der Waals surface area (Å²) in [5.41, 5.74) is 0. The van der Waals surface area contributed by atoms with E-state index in [0.717, 1.165) is 0 Å². The highest BCUT2D eigenvalue weighted by molar-refractivity contribution is 7.80. The fourth-order valence-electron chi connectivity index (χ4n) is 0.193. The summed E-state index contributed by atoms with van der Waals surface area (Å²) < 4.78 is 0. The van der Waals surface area contributed by atoms with Crippen LogP contribution in [0.1, 0.15) is 6.92 Å². The summed E-state index contributed by atoms with van der Waals surface area (Å²) >= 11 is 3.97. The fourth-order valence-corrected chi connectivity index (χ4v) is 0.285. The molecule has 1 unspecified atom stereocenters. The average molecular weight is 116 g/mol. The van der Waals surface area contributed by atoms with Crippen molar-refractivity contribution in [3.8, 4) is 6.07 Å². The van der Waals surface area contributed by atoms with Crippen molar-refractivity contribution in [2.45, 2.75) is 12.3 Å². The lowest BCUT2D eigenvalue weighted by atomic mass is 10.6. The van der Waals surface area contributed by atoms with E-state index in [1.54, 1.807) is 0 Å². The van der Waals surface area contributed by atoms with Gasteiger partial charge in [0.1, 0.15) is 0 Å². The number of nitrogens with zero attached hydrogens (tertiary/aromatic N) is 1. The number of nitriles is 1. The van der Waals surface area contributed by atoms with Crippen molar-refractivity contribution < 1.29 is 0 Å². The first kappa shape index (κ1) is 6.80. The van der Waals surface area contributed by atoms with Gasteiger partial charge < -0.3 is 0 Å². The van der Waals surface area contributed by atoms with Crippen molar-refractivity contribution in [1.29, 1.82) is 5.26 Å². The summed E-state index contributed by atoms with van der Waals surface area (Å²) in [6, 6.07) is 1.94. The molecule has 0 spiro atoms. The van der Waals surface area contributed by atoms with Gasteiger partial charge in [-0.25, -0.2) is 0 Å². The van der Waals surface area contributed by atoms with E-state index >= 15 is 0 Å². The second kappa shape index (κ2) is 3.97. The molecule has 0 rings (SSSR count). The largest absolute Gasteiger partial charge is 0.293 e. The lowest BCUT2D eigenvalue weighted by molar-refractivity contribution is 0.761. The molecule has 0 heterocycles. The Hall–Kier alpha value is -0.200. The molecule has 0 radical (unpaired) electrons. The van der Waals surface area contributed by atoms with Crippen molar-refractivity contribution in [2.24, 2.45) is 0 Å². The summed E-state index contributed by atoms with van der Waals surface area (Å²) in [5.74, 6) is 0. The fraction of sp³-hybridized carbons (Fsp3) is 0.750. The Balaban J connectivity index is 2.86. The molecule has 1 atom stereocenters. The van der Waals surface area contributed by atoms with Gasteiger partial charge >= 0.3 is 0 Å². The van der Waals surface area contributed by atoms with Gasteiger partial charge in [0.2, 0.25) is 0 Å². The first-order chi connectivity index (χ1) is 3.27. The van der Waals surface area contributed by atoms with Gasteiger partial charge in [0.15, 0.2) is 0 Å². The van der Waals surface area contributed by atoms with E-state index in [-0.39, 0.29) is 5.37 Å². The number of hydrogen-bond donors (Lipinski definition) is 2. The standard InChI is InChI=1S/C4H8N2S/c1-4(7)6-3-2-5/h4,6-7H,3H2,1H3. The van der Waals surface area contributed by atoms with Gasteiger partial charge in [0.05, 0.1) is 12.6 Å². The molecule has 0 fully saturated rings. The lowest BCUT2D eigenvalue weighted by Gasteiger charge is -1.98. The van der Waals surface area contributed by atoms with E-state index in [4.69, 9.17) is 5.26 Å². The van der Waals surface area contributed by atoms with Crippen LogP contribution in [0.2, 0.25) is 0 Å². The Labute approximate surface area is 48.9 Å². The van der Waals surface area contributed by atoms with Crippen LogP contribution in [0, 0.1) is 11.3 Å². The van der Waals surface area contributed by atoms with Gasteiger partial charge in [-0.05, 0) is 6.92 Å². The van der Waals surface area contributed by atoms with Crippen LogP contribution >= 0.6 is 12.6 Å². The topological polar surface area (TPSA) is 35.8 Å². The predicted molar refractivity (Wildman–Crippen MR) is 32.1 cm³/mol. The van der Waals surface area contributed by atoms with E-state index in [9.17, 15) is 0 Å².